The lowest BCUT2D eigenvalue weighted by atomic mass is 9.96. The van der Waals surface area contributed by atoms with E-state index >= 15 is 0 Å². The molecule has 0 aliphatic carbocycles. The van der Waals surface area contributed by atoms with Crippen molar-refractivity contribution in [2.75, 3.05) is 0 Å². The Morgan fingerprint density at radius 2 is 0.382 bits per heavy atom. The van der Waals surface area contributed by atoms with Gasteiger partial charge in [-0.25, -0.2) is 29.9 Å². The Morgan fingerprint density at radius 1 is 0.137 bits per heavy atom. The Labute approximate surface area is 776 Å². The van der Waals surface area contributed by atoms with Crippen LogP contribution in [0.15, 0.2) is 449 Å². The molecule has 8 heterocycles. The minimum Gasteiger partial charge on any atom is -0.227 e. The van der Waals surface area contributed by atoms with E-state index in [0.717, 1.165) is 104 Å². The van der Waals surface area contributed by atoms with E-state index in [1.807, 2.05) is 40.9 Å². The first-order chi connectivity index (χ1) is 64.9. The van der Waals surface area contributed by atoms with Gasteiger partial charge < -0.3 is 0 Å². The number of aromatic nitrogens is 6. The van der Waals surface area contributed by atoms with Gasteiger partial charge in [0.05, 0.1) is 17.1 Å². The molecule has 8 aromatic heterocycles. The topological polar surface area (TPSA) is 77.3 Å². The van der Waals surface area contributed by atoms with Gasteiger partial charge in [-0.15, -0.1) is 56.7 Å². The highest BCUT2D eigenvalue weighted by Crippen LogP contribution is 2.48. The third-order valence-electron chi connectivity index (χ3n) is 24.6. The summed E-state index contributed by atoms with van der Waals surface area (Å²) in [6, 6.07) is 159. The number of rotatable bonds is 13. The van der Waals surface area contributed by atoms with Crippen molar-refractivity contribution < 1.29 is 0 Å². The van der Waals surface area contributed by atoms with Crippen molar-refractivity contribution in [1.29, 1.82) is 0 Å². The Balaban J connectivity index is 0.000000109. The summed E-state index contributed by atoms with van der Waals surface area (Å²) in [6.45, 7) is 0. The van der Waals surface area contributed by atoms with Gasteiger partial charge >= 0.3 is 0 Å². The van der Waals surface area contributed by atoms with Crippen LogP contribution in [-0.4, -0.2) is 29.9 Å². The van der Waals surface area contributed by atoms with Crippen LogP contribution in [0.1, 0.15) is 0 Å². The van der Waals surface area contributed by atoms with Crippen LogP contribution in [0, 0.1) is 0 Å². The van der Waals surface area contributed by atoms with Gasteiger partial charge in [0.25, 0.3) is 0 Å². The molecule has 614 valence electrons. The molecule has 0 amide bonds. The zero-order valence-corrected chi connectivity index (χ0v) is 74.5. The smallest absolute Gasteiger partial charge is 0.161 e. The summed E-state index contributed by atoms with van der Waals surface area (Å²) in [5, 5.41) is 12.2. The molecule has 0 radical (unpaired) electrons. The normalized spacial score (nSPS) is 11.5. The minimum atomic E-state index is 0.741. The molecular weight excluding hydrogens is 1690 g/mol. The van der Waals surface area contributed by atoms with Crippen molar-refractivity contribution >= 4 is 158 Å². The number of nitrogens with zero attached hydrogens (tertiary/aromatic N) is 6. The van der Waals surface area contributed by atoms with E-state index in [1.165, 1.54) is 143 Å². The molecular formula is C120H74N6S5. The lowest BCUT2D eigenvalue weighted by Crippen LogP contribution is -1.94. The fourth-order valence-electron chi connectivity index (χ4n) is 18.2. The van der Waals surface area contributed by atoms with Gasteiger partial charge in [-0.1, -0.05) is 388 Å². The van der Waals surface area contributed by atoms with Gasteiger partial charge in [0.15, 0.2) is 17.5 Å². The van der Waals surface area contributed by atoms with Crippen LogP contribution in [0.5, 0.6) is 0 Å². The van der Waals surface area contributed by atoms with Crippen molar-refractivity contribution in [3.05, 3.63) is 449 Å². The molecule has 0 aliphatic rings. The third kappa shape index (κ3) is 15.1. The third-order valence-corrected chi connectivity index (χ3v) is 30.2. The number of hydrogen-bond acceptors (Lipinski definition) is 11. The summed E-state index contributed by atoms with van der Waals surface area (Å²) in [6.07, 6.45) is 0. The van der Waals surface area contributed by atoms with Crippen molar-refractivity contribution in [3.8, 4) is 146 Å². The number of benzene rings is 18. The highest BCUT2D eigenvalue weighted by Gasteiger charge is 2.24. The SMILES string of the molecule is c1ccc(-c2ccc(-c3nc(-c4cccc(-c5cccc(-c6ccccc6)c5)c4)c4c(n3)sc3ccccc34)cc2)cc1.c1ccc(-c2ccc(-c3nc(-c4cccc(-c5cccc6c5sc5ccccc56)c4)c4c(n3)sc3ccccc34)cc2)cc1.c1ccc(-c2ccc(-c3nc(-c4cccc(-c5cccc6sc7ccccc7c56)c4)c4c(n3)sc3ccccc34)cc2)cc1. The quantitative estimate of drug-likeness (QED) is 0.114. The van der Waals surface area contributed by atoms with E-state index in [2.05, 4.69) is 431 Å². The Hall–Kier alpha value is -15.7. The summed E-state index contributed by atoms with van der Waals surface area (Å²) < 4.78 is 8.92. The average molecular weight is 1760 g/mol. The number of thiophene rings is 5. The Bertz CT molecular complexity index is 8820. The van der Waals surface area contributed by atoms with Crippen LogP contribution in [0.4, 0.5) is 0 Å². The molecule has 0 aliphatic heterocycles. The molecule has 0 N–H and O–H groups in total. The molecule has 0 bridgehead atoms. The molecule has 0 atom stereocenters. The van der Waals surface area contributed by atoms with Gasteiger partial charge in [-0.3, -0.25) is 0 Å². The number of fused-ring (bicyclic) bond motifs is 15. The standard InChI is InChI=1S/2C40H24N2S2.C40H26N2S/c1-2-10-25(11-3-1)26-20-22-27(23-21-26)39-41-37(36-33-15-5-7-19-35(33)44-40(36)42-39)29-13-8-12-28(24-29)30-16-9-17-32-31-14-4-6-18-34(31)43-38(30)32;1-2-10-25(11-3-1)26-20-22-27(23-21-26)39-41-38(37-32-15-5-7-18-34(32)44-40(37)42-39)29-13-8-12-28(24-29)30-16-9-19-35-36(30)31-14-4-6-17-33(31)43-35;1-3-11-27(12-4-1)29-21-23-30(24-22-29)39-41-38(37-35-19-7-8-20-36(35)43-40(37)42-39)34-18-10-17-33(26-34)32-16-9-15-31(25-32)28-13-5-2-6-14-28/h2*1-24H;1-26H. The molecule has 26 aromatic rings. The van der Waals surface area contributed by atoms with Crippen LogP contribution in [0.2, 0.25) is 0 Å². The maximum Gasteiger partial charge on any atom is 0.161 e. The molecule has 131 heavy (non-hydrogen) atoms. The van der Waals surface area contributed by atoms with E-state index < -0.39 is 0 Å². The van der Waals surface area contributed by atoms with E-state index in [0.29, 0.717) is 0 Å². The second-order valence-electron chi connectivity index (χ2n) is 32.6. The van der Waals surface area contributed by atoms with E-state index in [4.69, 9.17) is 29.9 Å². The monoisotopic (exact) mass is 1760 g/mol. The average Bonchev–Trinajstić information content (AvgIpc) is 1.61. The first-order valence-corrected chi connectivity index (χ1v) is 47.8. The van der Waals surface area contributed by atoms with Gasteiger partial charge in [0, 0.05) is 120 Å². The second kappa shape index (κ2) is 34.1. The van der Waals surface area contributed by atoms with E-state index in [1.54, 1.807) is 34.0 Å². The molecule has 0 unspecified atom stereocenters. The van der Waals surface area contributed by atoms with E-state index in [9.17, 15) is 0 Å². The lowest BCUT2D eigenvalue weighted by Gasteiger charge is -2.11. The molecule has 18 aromatic carbocycles. The summed E-state index contributed by atoms with van der Waals surface area (Å²) >= 11 is 8.92. The first kappa shape index (κ1) is 78.8. The van der Waals surface area contributed by atoms with Crippen molar-refractivity contribution in [2.24, 2.45) is 0 Å². The van der Waals surface area contributed by atoms with Crippen molar-refractivity contribution in [3.63, 3.8) is 0 Å². The van der Waals surface area contributed by atoms with Crippen LogP contribution in [0.3, 0.4) is 0 Å². The summed E-state index contributed by atoms with van der Waals surface area (Å²) in [4.78, 5) is 34.2. The maximum absolute atomic E-state index is 5.30. The largest absolute Gasteiger partial charge is 0.227 e. The summed E-state index contributed by atoms with van der Waals surface area (Å²) in [5.41, 5.74) is 26.0. The van der Waals surface area contributed by atoms with Gasteiger partial charge in [0.1, 0.15) is 14.5 Å². The molecule has 6 nitrogen and oxygen atoms in total. The van der Waals surface area contributed by atoms with Gasteiger partial charge in [0.2, 0.25) is 0 Å². The highest BCUT2D eigenvalue weighted by molar-refractivity contribution is 7.27. The summed E-state index contributed by atoms with van der Waals surface area (Å²) in [5.74, 6) is 2.23. The fourth-order valence-corrected chi connectivity index (χ4v) is 23.8. The zero-order valence-electron chi connectivity index (χ0n) is 70.4. The van der Waals surface area contributed by atoms with E-state index in [-0.39, 0.29) is 0 Å². The van der Waals surface area contributed by atoms with Crippen LogP contribution in [-0.2, 0) is 0 Å². The fraction of sp³-hybridized carbons (Fsp3) is 0. The first-order valence-electron chi connectivity index (χ1n) is 43.7. The van der Waals surface area contributed by atoms with Gasteiger partial charge in [-0.2, -0.15) is 0 Å². The molecule has 0 spiro atoms. The predicted molar refractivity (Wildman–Crippen MR) is 561 cm³/mol. The van der Waals surface area contributed by atoms with Gasteiger partial charge in [-0.05, 0) is 139 Å². The summed E-state index contributed by atoms with van der Waals surface area (Å²) in [7, 11) is 0. The molecule has 0 saturated heterocycles. The van der Waals surface area contributed by atoms with Crippen molar-refractivity contribution in [2.45, 2.75) is 0 Å². The van der Waals surface area contributed by atoms with Crippen LogP contribution >= 0.6 is 56.7 Å². The zero-order chi connectivity index (χ0) is 86.7. The molecule has 0 saturated carbocycles. The predicted octanol–water partition coefficient (Wildman–Crippen LogP) is 34.9. The highest BCUT2D eigenvalue weighted by atomic mass is 32.1. The Morgan fingerprint density at radius 3 is 0.786 bits per heavy atom. The lowest BCUT2D eigenvalue weighted by molar-refractivity contribution is 1.24. The Kier molecular flexibility index (Phi) is 20.5. The van der Waals surface area contributed by atoms with Crippen LogP contribution in [0.25, 0.3) is 247 Å². The maximum atomic E-state index is 5.30. The molecule has 11 heteroatoms. The minimum absolute atomic E-state index is 0.741. The van der Waals surface area contributed by atoms with Crippen molar-refractivity contribution in [1.82, 2.24) is 29.9 Å². The molecule has 26 rings (SSSR count). The molecule has 0 fully saturated rings. The number of hydrogen-bond donors (Lipinski definition) is 0. The van der Waals surface area contributed by atoms with Crippen LogP contribution < -0.4 is 0 Å². The second-order valence-corrected chi connectivity index (χ2v) is 37.8.